The highest BCUT2D eigenvalue weighted by Gasteiger charge is 2.28. The van der Waals surface area contributed by atoms with Gasteiger partial charge in [0.2, 0.25) is 0 Å². The summed E-state index contributed by atoms with van der Waals surface area (Å²) in [7, 11) is 0. The quantitative estimate of drug-likeness (QED) is 0.656. The lowest BCUT2D eigenvalue weighted by atomic mass is 9.83. The average molecular weight is 286 g/mol. The van der Waals surface area contributed by atoms with Crippen LogP contribution in [0.2, 0.25) is 0 Å². The van der Waals surface area contributed by atoms with Gasteiger partial charge in [0, 0.05) is 25.7 Å². The van der Waals surface area contributed by atoms with Crippen molar-refractivity contribution in [1.82, 2.24) is 4.90 Å². The summed E-state index contributed by atoms with van der Waals surface area (Å²) in [5, 5.41) is 20.4. The Morgan fingerprint density at radius 3 is 2.40 bits per heavy atom. The Bertz CT molecular complexity index is 240. The summed E-state index contributed by atoms with van der Waals surface area (Å²) in [5.41, 5.74) is 6.10. The summed E-state index contributed by atoms with van der Waals surface area (Å²) in [6.45, 7) is 3.54. The minimum Gasteiger partial charge on any atom is -0.389 e. The molecule has 2 fully saturated rings. The molecule has 0 amide bonds. The van der Waals surface area contributed by atoms with Crippen LogP contribution in [0, 0.1) is 5.92 Å². The smallest absolute Gasteiger partial charge is 0.0962 e. The van der Waals surface area contributed by atoms with Crippen molar-refractivity contribution < 1.29 is 14.9 Å². The van der Waals surface area contributed by atoms with Gasteiger partial charge in [0.15, 0.2) is 0 Å². The fourth-order valence-corrected chi connectivity index (χ4v) is 3.39. The van der Waals surface area contributed by atoms with Gasteiger partial charge in [0.1, 0.15) is 0 Å². The van der Waals surface area contributed by atoms with Gasteiger partial charge in [-0.15, -0.1) is 0 Å². The van der Waals surface area contributed by atoms with Crippen LogP contribution in [-0.4, -0.2) is 66.2 Å². The third-order valence-electron chi connectivity index (χ3n) is 4.71. The zero-order valence-electron chi connectivity index (χ0n) is 12.4. The van der Waals surface area contributed by atoms with Gasteiger partial charge in [-0.25, -0.2) is 0 Å². The molecule has 0 bridgehead atoms. The monoisotopic (exact) mass is 286 g/mol. The average Bonchev–Trinajstić information content (AvgIpc) is 2.48. The minimum absolute atomic E-state index is 0.311. The minimum atomic E-state index is -0.820. The molecule has 0 spiro atoms. The highest BCUT2D eigenvalue weighted by molar-refractivity contribution is 4.84. The Kier molecular flexibility index (Phi) is 6.71. The second-order valence-electron chi connectivity index (χ2n) is 6.37. The van der Waals surface area contributed by atoms with Crippen molar-refractivity contribution in [2.24, 2.45) is 11.7 Å². The van der Waals surface area contributed by atoms with E-state index in [4.69, 9.17) is 10.5 Å². The molecule has 1 saturated carbocycles. The molecule has 1 saturated heterocycles. The van der Waals surface area contributed by atoms with Crippen LogP contribution in [0.4, 0.5) is 0 Å². The van der Waals surface area contributed by atoms with Crippen LogP contribution in [0.25, 0.3) is 0 Å². The highest BCUT2D eigenvalue weighted by atomic mass is 16.5. The first-order valence-electron chi connectivity index (χ1n) is 8.08. The molecular formula is C15H30N2O3. The first kappa shape index (κ1) is 16.2. The van der Waals surface area contributed by atoms with E-state index in [1.54, 1.807) is 0 Å². The summed E-state index contributed by atoms with van der Waals surface area (Å²) in [6.07, 6.45) is 5.59. The van der Waals surface area contributed by atoms with E-state index in [1.165, 1.54) is 32.1 Å². The van der Waals surface area contributed by atoms with Gasteiger partial charge in [-0.3, -0.25) is 4.90 Å². The van der Waals surface area contributed by atoms with E-state index in [9.17, 15) is 10.2 Å². The lowest BCUT2D eigenvalue weighted by molar-refractivity contribution is -0.0390. The number of morpholine rings is 1. The predicted octanol–water partition coefficient (Wildman–Crippen LogP) is 0.338. The Morgan fingerprint density at radius 1 is 1.10 bits per heavy atom. The van der Waals surface area contributed by atoms with Crippen LogP contribution in [0.15, 0.2) is 0 Å². The van der Waals surface area contributed by atoms with E-state index in [0.29, 0.717) is 25.7 Å². The molecular weight excluding hydrogens is 256 g/mol. The van der Waals surface area contributed by atoms with E-state index < -0.39 is 12.2 Å². The van der Waals surface area contributed by atoms with Crippen LogP contribution >= 0.6 is 0 Å². The maximum atomic E-state index is 10.2. The van der Waals surface area contributed by atoms with Gasteiger partial charge >= 0.3 is 0 Å². The Labute approximate surface area is 122 Å². The highest BCUT2D eigenvalue weighted by Crippen LogP contribution is 2.27. The van der Waals surface area contributed by atoms with Crippen molar-refractivity contribution >= 4 is 0 Å². The number of hydrogen-bond acceptors (Lipinski definition) is 5. The molecule has 5 nitrogen and oxygen atoms in total. The summed E-state index contributed by atoms with van der Waals surface area (Å²) in [5.74, 6) is 0.629. The van der Waals surface area contributed by atoms with Crippen LogP contribution in [-0.2, 0) is 4.74 Å². The normalized spacial score (nSPS) is 27.1. The van der Waals surface area contributed by atoms with Crippen molar-refractivity contribution in [2.75, 3.05) is 32.8 Å². The van der Waals surface area contributed by atoms with Gasteiger partial charge < -0.3 is 20.7 Å². The zero-order valence-corrected chi connectivity index (χ0v) is 12.4. The third-order valence-corrected chi connectivity index (χ3v) is 4.71. The molecule has 2 aliphatic rings. The predicted molar refractivity (Wildman–Crippen MR) is 78.4 cm³/mol. The van der Waals surface area contributed by atoms with Gasteiger partial charge in [0.25, 0.3) is 0 Å². The molecule has 1 heterocycles. The first-order valence-corrected chi connectivity index (χ1v) is 8.08. The molecule has 3 atom stereocenters. The summed E-state index contributed by atoms with van der Waals surface area (Å²) in [6, 6.07) is -0.311. The van der Waals surface area contributed by atoms with Gasteiger partial charge in [0.05, 0.1) is 25.4 Å². The third kappa shape index (κ3) is 4.97. The number of aliphatic hydroxyl groups excluding tert-OH is 2. The van der Waals surface area contributed by atoms with Gasteiger partial charge in [-0.05, 0) is 12.3 Å². The van der Waals surface area contributed by atoms with Crippen LogP contribution in [0.3, 0.4) is 0 Å². The molecule has 20 heavy (non-hydrogen) atoms. The molecule has 0 aromatic rings. The van der Waals surface area contributed by atoms with E-state index in [-0.39, 0.29) is 6.04 Å². The van der Waals surface area contributed by atoms with Crippen molar-refractivity contribution in [3.8, 4) is 0 Å². The number of hydrogen-bond donors (Lipinski definition) is 3. The van der Waals surface area contributed by atoms with Crippen molar-refractivity contribution in [3.05, 3.63) is 0 Å². The second-order valence-corrected chi connectivity index (χ2v) is 6.37. The van der Waals surface area contributed by atoms with Gasteiger partial charge in [-0.2, -0.15) is 0 Å². The molecule has 1 aliphatic carbocycles. The van der Waals surface area contributed by atoms with Crippen molar-refractivity contribution in [1.29, 1.82) is 0 Å². The molecule has 2 rings (SSSR count). The van der Waals surface area contributed by atoms with E-state index in [1.807, 2.05) is 0 Å². The molecule has 0 radical (unpaired) electrons. The van der Waals surface area contributed by atoms with Crippen LogP contribution < -0.4 is 5.73 Å². The number of β-amino-alcohol motifs (C(OH)–C–C–N with tert-alkyl or cyclic N) is 1. The Balaban J connectivity index is 1.71. The molecule has 0 aromatic carbocycles. The number of nitrogens with zero attached hydrogens (tertiary/aromatic N) is 1. The molecule has 5 heteroatoms. The summed E-state index contributed by atoms with van der Waals surface area (Å²) in [4.78, 5) is 2.13. The van der Waals surface area contributed by atoms with Crippen LogP contribution in [0.5, 0.6) is 0 Å². The van der Waals surface area contributed by atoms with E-state index >= 15 is 0 Å². The van der Waals surface area contributed by atoms with Crippen molar-refractivity contribution in [2.45, 2.75) is 56.8 Å². The van der Waals surface area contributed by atoms with Crippen molar-refractivity contribution in [3.63, 3.8) is 0 Å². The molecule has 118 valence electrons. The maximum Gasteiger partial charge on any atom is 0.0962 e. The standard InChI is InChI=1S/C15H30N2O3/c16-13(10-12-4-2-1-3-5-12)15(19)14(18)11-17-6-8-20-9-7-17/h12-15,18-19H,1-11,16H2/t13-,14+,15-/m1/s1. The number of rotatable bonds is 6. The molecule has 4 N–H and O–H groups in total. The molecule has 0 unspecified atom stereocenters. The largest absolute Gasteiger partial charge is 0.389 e. The fourth-order valence-electron chi connectivity index (χ4n) is 3.39. The number of aliphatic hydroxyl groups is 2. The SMILES string of the molecule is N[C@H](CC1CCCCC1)[C@@H](O)[C@@H](O)CN1CCOCC1. The lowest BCUT2D eigenvalue weighted by Crippen LogP contribution is -2.50. The maximum absolute atomic E-state index is 10.2. The van der Waals surface area contributed by atoms with Gasteiger partial charge in [-0.1, -0.05) is 32.1 Å². The fraction of sp³-hybridized carbons (Fsp3) is 1.00. The Morgan fingerprint density at radius 2 is 1.75 bits per heavy atom. The summed E-state index contributed by atoms with van der Waals surface area (Å²) >= 11 is 0. The lowest BCUT2D eigenvalue weighted by Gasteiger charge is -2.33. The topological polar surface area (TPSA) is 79.0 Å². The summed E-state index contributed by atoms with van der Waals surface area (Å²) < 4.78 is 5.28. The van der Waals surface area contributed by atoms with E-state index in [0.717, 1.165) is 19.5 Å². The molecule has 0 aromatic heterocycles. The zero-order chi connectivity index (χ0) is 14.4. The van der Waals surface area contributed by atoms with E-state index in [2.05, 4.69) is 4.90 Å². The molecule has 1 aliphatic heterocycles. The van der Waals surface area contributed by atoms with Crippen LogP contribution in [0.1, 0.15) is 38.5 Å². The second kappa shape index (κ2) is 8.29. The Hall–Kier alpha value is -0.200. The number of ether oxygens (including phenoxy) is 1. The first-order chi connectivity index (χ1) is 9.66. The number of nitrogens with two attached hydrogens (primary N) is 1.